The molecule has 3 rings (SSSR count). The average molecular weight is 316 g/mol. The second kappa shape index (κ2) is 5.91. The highest BCUT2D eigenvalue weighted by atomic mass is 19.4. The number of amides is 1. The molecule has 0 spiro atoms. The zero-order chi connectivity index (χ0) is 15.7. The first-order valence-electron chi connectivity index (χ1n) is 7.54. The number of hydrogen-bond donors (Lipinski definition) is 1. The van der Waals surface area contributed by atoms with Crippen LogP contribution >= 0.6 is 0 Å². The minimum absolute atomic E-state index is 0.0593. The number of halogens is 3. The van der Waals surface area contributed by atoms with E-state index >= 15 is 0 Å². The third-order valence-electron chi connectivity index (χ3n) is 4.40. The summed E-state index contributed by atoms with van der Waals surface area (Å²) in [6.45, 7) is 1.88. The summed E-state index contributed by atoms with van der Waals surface area (Å²) in [5.41, 5.74) is 0.505. The fourth-order valence-electron chi connectivity index (χ4n) is 2.91. The van der Waals surface area contributed by atoms with Gasteiger partial charge in [-0.2, -0.15) is 13.2 Å². The van der Waals surface area contributed by atoms with Crippen LogP contribution in [0.5, 0.6) is 0 Å². The fraction of sp³-hybridized carbons (Fsp3) is 0.714. The molecule has 0 radical (unpaired) electrons. The third-order valence-corrected chi connectivity index (χ3v) is 4.40. The van der Waals surface area contributed by atoms with E-state index < -0.39 is 12.0 Å². The Morgan fingerprint density at radius 2 is 2.14 bits per heavy atom. The first-order chi connectivity index (χ1) is 10.4. The molecule has 1 fully saturated rings. The Balaban J connectivity index is 1.53. The van der Waals surface area contributed by atoms with Crippen molar-refractivity contribution in [2.75, 3.05) is 19.6 Å². The number of carbonyl (C=O) groups excluding carboxylic acids is 1. The summed E-state index contributed by atoms with van der Waals surface area (Å²) in [4.78, 5) is 17.2. The van der Waals surface area contributed by atoms with Crippen LogP contribution in [0.25, 0.3) is 0 Å². The molecule has 122 valence electrons. The van der Waals surface area contributed by atoms with Gasteiger partial charge in [-0.3, -0.25) is 9.69 Å². The van der Waals surface area contributed by atoms with Gasteiger partial charge in [0.05, 0.1) is 18.4 Å². The number of rotatable bonds is 4. The van der Waals surface area contributed by atoms with E-state index in [1.54, 1.807) is 0 Å². The summed E-state index contributed by atoms with van der Waals surface area (Å²) in [6.07, 6.45) is 0.396. The molecule has 1 aromatic heterocycles. The van der Waals surface area contributed by atoms with Crippen LogP contribution in [0.4, 0.5) is 13.2 Å². The van der Waals surface area contributed by atoms with Gasteiger partial charge in [-0.1, -0.05) is 6.42 Å². The molecule has 1 aliphatic heterocycles. The Bertz CT molecular complexity index is 551. The molecule has 0 bridgehead atoms. The highest BCUT2D eigenvalue weighted by Gasteiger charge is 2.38. The molecule has 2 aliphatic rings. The van der Waals surface area contributed by atoms with Gasteiger partial charge in [0.15, 0.2) is 0 Å². The van der Waals surface area contributed by atoms with E-state index in [2.05, 4.69) is 10.3 Å². The molecule has 0 saturated heterocycles. The van der Waals surface area contributed by atoms with Gasteiger partial charge in [0.1, 0.15) is 0 Å². The second-order valence-electron chi connectivity index (χ2n) is 6.03. The third kappa shape index (κ3) is 3.26. The largest absolute Gasteiger partial charge is 0.449 e. The Hall–Kier alpha value is -1.57. The summed E-state index contributed by atoms with van der Waals surface area (Å²) in [5.74, 6) is -0.312. The van der Waals surface area contributed by atoms with Crippen LogP contribution in [0.15, 0.2) is 6.20 Å². The molecule has 5 nitrogen and oxygen atoms in total. The lowest BCUT2D eigenvalue weighted by Crippen LogP contribution is -2.43. The summed E-state index contributed by atoms with van der Waals surface area (Å²) in [5, 5.41) is 2.90. The lowest BCUT2D eigenvalue weighted by Gasteiger charge is -2.29. The van der Waals surface area contributed by atoms with Crippen LogP contribution in [0, 0.1) is 5.92 Å². The first kappa shape index (κ1) is 15.3. The molecule has 1 N–H and O–H groups in total. The minimum atomic E-state index is -4.43. The second-order valence-corrected chi connectivity index (χ2v) is 6.03. The number of fused-ring (bicyclic) bond motifs is 1. The van der Waals surface area contributed by atoms with Crippen molar-refractivity contribution in [3.8, 4) is 0 Å². The molecular formula is C14H19F3N4O. The van der Waals surface area contributed by atoms with E-state index in [1.807, 2.05) is 4.90 Å². The van der Waals surface area contributed by atoms with Crippen LogP contribution in [0.2, 0.25) is 0 Å². The predicted octanol–water partition coefficient (Wildman–Crippen LogP) is 1.63. The quantitative estimate of drug-likeness (QED) is 0.919. The van der Waals surface area contributed by atoms with Gasteiger partial charge in [-0.05, 0) is 18.8 Å². The monoisotopic (exact) mass is 316 g/mol. The van der Waals surface area contributed by atoms with Crippen molar-refractivity contribution in [2.45, 2.75) is 38.5 Å². The van der Waals surface area contributed by atoms with Gasteiger partial charge in [0.25, 0.3) is 0 Å². The molecule has 8 heteroatoms. The van der Waals surface area contributed by atoms with Crippen molar-refractivity contribution in [1.82, 2.24) is 19.8 Å². The maximum absolute atomic E-state index is 12.8. The maximum atomic E-state index is 12.8. The normalized spacial score (nSPS) is 19.6. The number of nitrogens with zero attached hydrogens (tertiary/aromatic N) is 3. The summed E-state index contributed by atoms with van der Waals surface area (Å²) >= 11 is 0. The van der Waals surface area contributed by atoms with Crippen LogP contribution < -0.4 is 5.32 Å². The predicted molar refractivity (Wildman–Crippen MR) is 72.9 cm³/mol. The molecule has 1 aliphatic carbocycles. The van der Waals surface area contributed by atoms with Crippen molar-refractivity contribution in [2.24, 2.45) is 5.92 Å². The molecule has 2 heterocycles. The van der Waals surface area contributed by atoms with Crippen LogP contribution in [0.1, 0.15) is 30.8 Å². The maximum Gasteiger partial charge on any atom is 0.449 e. The molecule has 1 amide bonds. The van der Waals surface area contributed by atoms with Crippen molar-refractivity contribution in [3.63, 3.8) is 0 Å². The standard InChI is InChI=1S/C14H19F3N4O/c15-14(16,17)13-19-7-11-8-20(4-5-21(11)13)9-12(22)18-6-10-2-1-3-10/h7,10H,1-6,8-9H2,(H,18,22). The molecule has 0 unspecified atom stereocenters. The highest BCUT2D eigenvalue weighted by Crippen LogP contribution is 2.30. The number of imidazole rings is 1. The smallest absolute Gasteiger partial charge is 0.355 e. The van der Waals surface area contributed by atoms with Gasteiger partial charge in [0, 0.05) is 26.2 Å². The Labute approximate surface area is 126 Å². The Kier molecular flexibility index (Phi) is 4.12. The number of carbonyl (C=O) groups is 1. The van der Waals surface area contributed by atoms with Crippen molar-refractivity contribution >= 4 is 5.91 Å². The number of nitrogens with one attached hydrogen (secondary N) is 1. The first-order valence-corrected chi connectivity index (χ1v) is 7.54. The van der Waals surface area contributed by atoms with Crippen molar-refractivity contribution < 1.29 is 18.0 Å². The molecular weight excluding hydrogens is 297 g/mol. The Morgan fingerprint density at radius 1 is 1.36 bits per heavy atom. The topological polar surface area (TPSA) is 50.2 Å². The number of alkyl halides is 3. The molecule has 0 atom stereocenters. The Morgan fingerprint density at radius 3 is 2.77 bits per heavy atom. The van der Waals surface area contributed by atoms with Crippen molar-refractivity contribution in [1.29, 1.82) is 0 Å². The fourth-order valence-corrected chi connectivity index (χ4v) is 2.91. The van der Waals surface area contributed by atoms with Crippen molar-refractivity contribution in [3.05, 3.63) is 17.7 Å². The van der Waals surface area contributed by atoms with Gasteiger partial charge < -0.3 is 9.88 Å². The number of hydrogen-bond acceptors (Lipinski definition) is 3. The van der Waals surface area contributed by atoms with Gasteiger partial charge in [-0.15, -0.1) is 0 Å². The van der Waals surface area contributed by atoms with Crippen LogP contribution in [-0.2, 0) is 24.1 Å². The zero-order valence-corrected chi connectivity index (χ0v) is 12.2. The van der Waals surface area contributed by atoms with Gasteiger partial charge in [0.2, 0.25) is 11.7 Å². The van der Waals surface area contributed by atoms with Gasteiger partial charge >= 0.3 is 6.18 Å². The highest BCUT2D eigenvalue weighted by molar-refractivity contribution is 5.78. The molecule has 0 aromatic carbocycles. The molecule has 22 heavy (non-hydrogen) atoms. The zero-order valence-electron chi connectivity index (χ0n) is 12.2. The van der Waals surface area contributed by atoms with E-state index in [1.165, 1.54) is 30.0 Å². The van der Waals surface area contributed by atoms with E-state index in [0.717, 1.165) is 0 Å². The lowest BCUT2D eigenvalue weighted by atomic mass is 9.85. The summed E-state index contributed by atoms with van der Waals surface area (Å²) < 4.78 is 39.5. The van der Waals surface area contributed by atoms with Crippen LogP contribution in [0.3, 0.4) is 0 Å². The minimum Gasteiger partial charge on any atom is -0.355 e. The molecule has 1 aromatic rings. The summed E-state index contributed by atoms with van der Waals surface area (Å²) in [7, 11) is 0. The van der Waals surface area contributed by atoms with E-state index in [-0.39, 0.29) is 19.0 Å². The van der Waals surface area contributed by atoms with E-state index in [9.17, 15) is 18.0 Å². The summed E-state index contributed by atoms with van der Waals surface area (Å²) in [6, 6.07) is 0. The van der Waals surface area contributed by atoms with E-state index in [0.29, 0.717) is 31.2 Å². The average Bonchev–Trinajstić information content (AvgIpc) is 2.79. The molecule has 1 saturated carbocycles. The van der Waals surface area contributed by atoms with Gasteiger partial charge in [-0.25, -0.2) is 4.98 Å². The van der Waals surface area contributed by atoms with Crippen LogP contribution in [-0.4, -0.2) is 40.0 Å². The van der Waals surface area contributed by atoms with E-state index in [4.69, 9.17) is 0 Å². The SMILES string of the molecule is O=C(CN1CCn2c(cnc2C(F)(F)F)C1)NCC1CCC1. The number of aromatic nitrogens is 2. The lowest BCUT2D eigenvalue weighted by molar-refractivity contribution is -0.148.